The summed E-state index contributed by atoms with van der Waals surface area (Å²) in [6.07, 6.45) is 0. The molecule has 11 aromatic rings. The van der Waals surface area contributed by atoms with Gasteiger partial charge in [0.05, 0.1) is 16.7 Å². The SMILES string of the molecule is c1cc(N(c2ccc(-c3cccc4ccccc34)cc2)c2ccccc2-c2cccc3c2sc2ccccc23)cc(-n2c3ccccc3c3ccccc32)c1. The van der Waals surface area contributed by atoms with Gasteiger partial charge >= 0.3 is 0 Å². The minimum atomic E-state index is 1.09. The molecule has 0 aliphatic carbocycles. The van der Waals surface area contributed by atoms with Gasteiger partial charge in [0.1, 0.15) is 0 Å². The number of hydrogen-bond acceptors (Lipinski definition) is 2. The van der Waals surface area contributed by atoms with Crippen LogP contribution in [0.2, 0.25) is 0 Å². The largest absolute Gasteiger partial charge is 0.310 e. The van der Waals surface area contributed by atoms with E-state index in [2.05, 4.69) is 216 Å². The second kappa shape index (κ2) is 12.9. The molecule has 55 heavy (non-hydrogen) atoms. The molecule has 0 saturated carbocycles. The van der Waals surface area contributed by atoms with Gasteiger partial charge in [-0.05, 0) is 76.5 Å². The molecule has 2 heterocycles. The Hall–Kier alpha value is -6.94. The zero-order chi connectivity index (χ0) is 36.3. The monoisotopic (exact) mass is 718 g/mol. The van der Waals surface area contributed by atoms with E-state index >= 15 is 0 Å². The fourth-order valence-electron chi connectivity index (χ4n) is 8.52. The molecule has 0 fully saturated rings. The molecule has 2 aromatic heterocycles. The van der Waals surface area contributed by atoms with Gasteiger partial charge in [0.15, 0.2) is 0 Å². The first-order valence-electron chi connectivity index (χ1n) is 18.8. The minimum Gasteiger partial charge on any atom is -0.310 e. The van der Waals surface area contributed by atoms with Crippen LogP contribution in [0.5, 0.6) is 0 Å². The number of benzene rings is 9. The van der Waals surface area contributed by atoms with E-state index in [9.17, 15) is 0 Å². The van der Waals surface area contributed by atoms with Gasteiger partial charge in [-0.1, -0.05) is 152 Å². The predicted molar refractivity (Wildman–Crippen MR) is 237 cm³/mol. The van der Waals surface area contributed by atoms with Gasteiger partial charge in [-0.15, -0.1) is 11.3 Å². The van der Waals surface area contributed by atoms with Crippen LogP contribution in [-0.2, 0) is 0 Å². The fraction of sp³-hybridized carbons (Fsp3) is 0. The molecule has 0 N–H and O–H groups in total. The summed E-state index contributed by atoms with van der Waals surface area (Å²) < 4.78 is 5.02. The van der Waals surface area contributed by atoms with Gasteiger partial charge in [0.25, 0.3) is 0 Å². The zero-order valence-corrected chi connectivity index (χ0v) is 30.7. The van der Waals surface area contributed by atoms with Gasteiger partial charge in [-0.3, -0.25) is 0 Å². The maximum atomic E-state index is 2.44. The molecule has 11 rings (SSSR count). The van der Waals surface area contributed by atoms with E-state index < -0.39 is 0 Å². The fourth-order valence-corrected chi connectivity index (χ4v) is 9.75. The molecule has 258 valence electrons. The van der Waals surface area contributed by atoms with Crippen molar-refractivity contribution in [1.29, 1.82) is 0 Å². The normalized spacial score (nSPS) is 11.6. The van der Waals surface area contributed by atoms with E-state index in [-0.39, 0.29) is 0 Å². The Morgan fingerprint density at radius 2 is 0.964 bits per heavy atom. The summed E-state index contributed by atoms with van der Waals surface area (Å²) in [5, 5.41) is 7.62. The molecule has 0 radical (unpaired) electrons. The van der Waals surface area contributed by atoms with E-state index in [1.165, 1.54) is 75.0 Å². The highest BCUT2D eigenvalue weighted by molar-refractivity contribution is 7.26. The summed E-state index contributed by atoms with van der Waals surface area (Å²) in [4.78, 5) is 2.44. The average molecular weight is 719 g/mol. The zero-order valence-electron chi connectivity index (χ0n) is 29.9. The Morgan fingerprint density at radius 1 is 0.382 bits per heavy atom. The Kier molecular flexibility index (Phi) is 7.39. The van der Waals surface area contributed by atoms with Crippen molar-refractivity contribution in [3.8, 4) is 27.9 Å². The lowest BCUT2D eigenvalue weighted by atomic mass is 9.97. The molecule has 3 heteroatoms. The van der Waals surface area contributed by atoms with Crippen LogP contribution >= 0.6 is 11.3 Å². The first-order valence-corrected chi connectivity index (χ1v) is 19.6. The summed E-state index contributed by atoms with van der Waals surface area (Å²) in [5.41, 5.74) is 11.7. The lowest BCUT2D eigenvalue weighted by Gasteiger charge is -2.29. The highest BCUT2D eigenvalue weighted by Gasteiger charge is 2.21. The van der Waals surface area contributed by atoms with Gasteiger partial charge in [0, 0.05) is 59.1 Å². The maximum Gasteiger partial charge on any atom is 0.0541 e. The van der Waals surface area contributed by atoms with Crippen LogP contribution in [0.15, 0.2) is 206 Å². The highest BCUT2D eigenvalue weighted by Crippen LogP contribution is 2.46. The van der Waals surface area contributed by atoms with Crippen LogP contribution in [0.3, 0.4) is 0 Å². The Labute approximate surface area is 323 Å². The second-order valence-electron chi connectivity index (χ2n) is 14.1. The van der Waals surface area contributed by atoms with Crippen molar-refractivity contribution < 1.29 is 0 Å². The molecule has 2 nitrogen and oxygen atoms in total. The molecule has 0 spiro atoms. The number of anilines is 3. The first-order chi connectivity index (χ1) is 27.3. The number of hydrogen-bond donors (Lipinski definition) is 0. The third-order valence-corrected chi connectivity index (χ3v) is 12.2. The summed E-state index contributed by atoms with van der Waals surface area (Å²) >= 11 is 1.88. The van der Waals surface area contributed by atoms with Crippen molar-refractivity contribution in [1.82, 2.24) is 4.57 Å². The van der Waals surface area contributed by atoms with E-state index in [1.807, 2.05) is 11.3 Å². The number of para-hydroxylation sites is 3. The molecular formula is C52H34N2S. The number of nitrogens with zero attached hydrogens (tertiary/aromatic N) is 2. The van der Waals surface area contributed by atoms with E-state index in [0.717, 1.165) is 22.7 Å². The van der Waals surface area contributed by atoms with Gasteiger partial charge in [0.2, 0.25) is 0 Å². The predicted octanol–water partition coefficient (Wildman–Crippen LogP) is 15.1. The average Bonchev–Trinajstić information content (AvgIpc) is 3.80. The lowest BCUT2D eigenvalue weighted by molar-refractivity contribution is 1.17. The van der Waals surface area contributed by atoms with Crippen molar-refractivity contribution in [2.24, 2.45) is 0 Å². The third kappa shape index (κ3) is 5.16. The summed E-state index contributed by atoms with van der Waals surface area (Å²) in [6, 6.07) is 75.2. The van der Waals surface area contributed by atoms with E-state index in [4.69, 9.17) is 0 Å². The van der Waals surface area contributed by atoms with Crippen LogP contribution in [0.4, 0.5) is 17.1 Å². The highest BCUT2D eigenvalue weighted by atomic mass is 32.1. The summed E-state index contributed by atoms with van der Waals surface area (Å²) in [6.45, 7) is 0. The van der Waals surface area contributed by atoms with Crippen LogP contribution in [0.25, 0.3) is 80.7 Å². The van der Waals surface area contributed by atoms with Crippen LogP contribution in [-0.4, -0.2) is 4.57 Å². The molecule has 0 atom stereocenters. The van der Waals surface area contributed by atoms with E-state index in [1.54, 1.807) is 0 Å². The molecule has 0 aliphatic rings. The van der Waals surface area contributed by atoms with Crippen LogP contribution in [0.1, 0.15) is 0 Å². The lowest BCUT2D eigenvalue weighted by Crippen LogP contribution is -2.12. The second-order valence-corrected chi connectivity index (χ2v) is 15.1. The topological polar surface area (TPSA) is 8.17 Å². The minimum absolute atomic E-state index is 1.09. The Morgan fingerprint density at radius 3 is 1.78 bits per heavy atom. The maximum absolute atomic E-state index is 2.44. The van der Waals surface area contributed by atoms with Crippen molar-refractivity contribution in [3.63, 3.8) is 0 Å². The summed E-state index contributed by atoms with van der Waals surface area (Å²) in [7, 11) is 0. The van der Waals surface area contributed by atoms with Gasteiger partial charge < -0.3 is 9.47 Å². The molecule has 9 aromatic carbocycles. The number of rotatable bonds is 6. The molecule has 0 bridgehead atoms. The third-order valence-electron chi connectivity index (χ3n) is 11.0. The number of aromatic nitrogens is 1. The molecule has 0 aliphatic heterocycles. The standard InChI is InChI=1S/C52H34N2S/c1-2-18-40-35(14-1)15-11-23-41(40)36-30-32-37(33-31-36)53(38-16-12-17-39(34-38)54-49-27-8-3-19-42(49)43-20-4-9-28-50(43)54)48-26-7-5-21-44(48)46-24-13-25-47-45-22-6-10-29-51(45)55-52(46)47/h1-34H. The smallest absolute Gasteiger partial charge is 0.0541 e. The molecular weight excluding hydrogens is 685 g/mol. The van der Waals surface area contributed by atoms with Gasteiger partial charge in [-0.2, -0.15) is 0 Å². The first kappa shape index (κ1) is 31.6. The number of fused-ring (bicyclic) bond motifs is 7. The van der Waals surface area contributed by atoms with Crippen molar-refractivity contribution in [2.45, 2.75) is 0 Å². The van der Waals surface area contributed by atoms with Crippen LogP contribution < -0.4 is 4.90 Å². The van der Waals surface area contributed by atoms with E-state index in [0.29, 0.717) is 0 Å². The quantitative estimate of drug-likeness (QED) is 0.166. The molecule has 0 unspecified atom stereocenters. The van der Waals surface area contributed by atoms with Crippen molar-refractivity contribution >= 4 is 81.1 Å². The van der Waals surface area contributed by atoms with Crippen molar-refractivity contribution in [3.05, 3.63) is 206 Å². The molecule has 0 saturated heterocycles. The van der Waals surface area contributed by atoms with Crippen molar-refractivity contribution in [2.75, 3.05) is 4.90 Å². The summed E-state index contributed by atoms with van der Waals surface area (Å²) in [5.74, 6) is 0. The van der Waals surface area contributed by atoms with Gasteiger partial charge in [-0.25, -0.2) is 0 Å². The Bertz CT molecular complexity index is 3160. The Balaban J connectivity index is 1.13. The van der Waals surface area contributed by atoms with Crippen LogP contribution in [0, 0.1) is 0 Å². The number of thiophene rings is 1. The molecule has 0 amide bonds.